The molecule has 0 aliphatic rings. The van der Waals surface area contributed by atoms with Gasteiger partial charge in [0.1, 0.15) is 5.82 Å². The van der Waals surface area contributed by atoms with Crippen LogP contribution in [0.15, 0.2) is 42.5 Å². The van der Waals surface area contributed by atoms with E-state index in [0.717, 1.165) is 23.5 Å². The first-order chi connectivity index (χ1) is 9.15. The Balaban J connectivity index is 2.39. The lowest BCUT2D eigenvalue weighted by Gasteiger charge is -2.24. The Hall–Kier alpha value is -1.58. The van der Waals surface area contributed by atoms with Gasteiger partial charge in [-0.15, -0.1) is 0 Å². The first-order valence-electron chi connectivity index (χ1n) is 6.17. The standard InChI is InChI=1S/C15H16ClFN2/c1-2-19(13-6-4-12(17)5-7-13)15-8-3-11(10-18)9-14(15)16/h3-9H,2,10,18H2,1H3. The summed E-state index contributed by atoms with van der Waals surface area (Å²) in [6.07, 6.45) is 0. The van der Waals surface area contributed by atoms with Crippen molar-refractivity contribution in [1.29, 1.82) is 0 Å². The summed E-state index contributed by atoms with van der Waals surface area (Å²) in [6.45, 7) is 3.23. The van der Waals surface area contributed by atoms with E-state index in [1.54, 1.807) is 12.1 Å². The lowest BCUT2D eigenvalue weighted by molar-refractivity contribution is 0.628. The molecule has 0 aromatic heterocycles. The minimum atomic E-state index is -0.246. The summed E-state index contributed by atoms with van der Waals surface area (Å²) in [6, 6.07) is 12.1. The van der Waals surface area contributed by atoms with Gasteiger partial charge >= 0.3 is 0 Å². The second-order valence-electron chi connectivity index (χ2n) is 4.21. The monoisotopic (exact) mass is 278 g/mol. The van der Waals surface area contributed by atoms with Crippen molar-refractivity contribution >= 4 is 23.0 Å². The van der Waals surface area contributed by atoms with Gasteiger partial charge in [-0.1, -0.05) is 17.7 Å². The van der Waals surface area contributed by atoms with Crippen molar-refractivity contribution in [2.75, 3.05) is 11.4 Å². The summed E-state index contributed by atoms with van der Waals surface area (Å²) >= 11 is 6.29. The smallest absolute Gasteiger partial charge is 0.123 e. The molecular weight excluding hydrogens is 263 g/mol. The van der Waals surface area contributed by atoms with Crippen molar-refractivity contribution < 1.29 is 4.39 Å². The molecule has 2 nitrogen and oxygen atoms in total. The van der Waals surface area contributed by atoms with Gasteiger partial charge in [0.05, 0.1) is 10.7 Å². The summed E-state index contributed by atoms with van der Waals surface area (Å²) < 4.78 is 13.0. The number of benzene rings is 2. The van der Waals surface area contributed by atoms with Crippen LogP contribution in [-0.4, -0.2) is 6.54 Å². The predicted molar refractivity (Wildman–Crippen MR) is 78.4 cm³/mol. The molecule has 0 fully saturated rings. The highest BCUT2D eigenvalue weighted by molar-refractivity contribution is 6.33. The Morgan fingerprint density at radius 3 is 2.37 bits per heavy atom. The Morgan fingerprint density at radius 1 is 1.16 bits per heavy atom. The summed E-state index contributed by atoms with van der Waals surface area (Å²) in [5, 5.41) is 0.647. The van der Waals surface area contributed by atoms with Crippen LogP contribution in [0.5, 0.6) is 0 Å². The van der Waals surface area contributed by atoms with Gasteiger partial charge in [0, 0.05) is 18.8 Å². The number of halogens is 2. The quantitative estimate of drug-likeness (QED) is 0.912. The molecule has 0 spiro atoms. The zero-order valence-electron chi connectivity index (χ0n) is 10.7. The maximum Gasteiger partial charge on any atom is 0.123 e. The van der Waals surface area contributed by atoms with Crippen LogP contribution in [0.3, 0.4) is 0 Å². The number of hydrogen-bond donors (Lipinski definition) is 1. The average molecular weight is 279 g/mol. The lowest BCUT2D eigenvalue weighted by Crippen LogP contribution is -2.16. The fourth-order valence-electron chi connectivity index (χ4n) is 2.01. The van der Waals surface area contributed by atoms with Crippen LogP contribution in [0.25, 0.3) is 0 Å². The second kappa shape index (κ2) is 6.04. The normalized spacial score (nSPS) is 10.5. The third-order valence-electron chi connectivity index (χ3n) is 2.99. The summed E-state index contributed by atoms with van der Waals surface area (Å²) in [4.78, 5) is 2.03. The largest absolute Gasteiger partial charge is 0.341 e. The van der Waals surface area contributed by atoms with E-state index < -0.39 is 0 Å². The molecule has 0 unspecified atom stereocenters. The van der Waals surface area contributed by atoms with Crippen LogP contribution in [-0.2, 0) is 6.54 Å². The Kier molecular flexibility index (Phi) is 4.40. The first-order valence-corrected chi connectivity index (χ1v) is 6.55. The van der Waals surface area contributed by atoms with Gasteiger partial charge in [0.2, 0.25) is 0 Å². The van der Waals surface area contributed by atoms with E-state index in [2.05, 4.69) is 0 Å². The van der Waals surface area contributed by atoms with E-state index in [-0.39, 0.29) is 5.82 Å². The van der Waals surface area contributed by atoms with Crippen molar-refractivity contribution in [2.45, 2.75) is 13.5 Å². The molecule has 4 heteroatoms. The van der Waals surface area contributed by atoms with E-state index in [1.165, 1.54) is 12.1 Å². The fraction of sp³-hybridized carbons (Fsp3) is 0.200. The van der Waals surface area contributed by atoms with Crippen molar-refractivity contribution in [3.63, 3.8) is 0 Å². The molecule has 0 saturated carbocycles. The molecule has 2 N–H and O–H groups in total. The molecule has 0 radical (unpaired) electrons. The summed E-state index contributed by atoms with van der Waals surface area (Å²) in [5.74, 6) is -0.246. The van der Waals surface area contributed by atoms with Gasteiger partial charge in [0.25, 0.3) is 0 Å². The molecule has 0 atom stereocenters. The summed E-state index contributed by atoms with van der Waals surface area (Å²) in [5.41, 5.74) is 8.39. The van der Waals surface area contributed by atoms with Crippen LogP contribution in [0, 0.1) is 5.82 Å². The van der Waals surface area contributed by atoms with E-state index in [0.29, 0.717) is 11.6 Å². The molecule has 0 aliphatic heterocycles. The Labute approximate surface area is 117 Å². The SMILES string of the molecule is CCN(c1ccc(F)cc1)c1ccc(CN)cc1Cl. The zero-order chi connectivity index (χ0) is 13.8. The molecule has 0 bridgehead atoms. The van der Waals surface area contributed by atoms with Crippen molar-refractivity contribution in [3.8, 4) is 0 Å². The van der Waals surface area contributed by atoms with E-state index >= 15 is 0 Å². The van der Waals surface area contributed by atoms with E-state index in [1.807, 2.05) is 30.0 Å². The van der Waals surface area contributed by atoms with Gasteiger partial charge in [-0.2, -0.15) is 0 Å². The molecule has 0 heterocycles. The van der Waals surface area contributed by atoms with Gasteiger partial charge in [-0.3, -0.25) is 0 Å². The van der Waals surface area contributed by atoms with Gasteiger partial charge in [-0.05, 0) is 48.9 Å². The minimum Gasteiger partial charge on any atom is -0.341 e. The molecule has 0 aliphatic carbocycles. The van der Waals surface area contributed by atoms with Crippen molar-refractivity contribution in [3.05, 3.63) is 58.9 Å². The zero-order valence-corrected chi connectivity index (χ0v) is 11.5. The van der Waals surface area contributed by atoms with Crippen molar-refractivity contribution in [2.24, 2.45) is 5.73 Å². The predicted octanol–water partition coefficient (Wildman–Crippen LogP) is 4.10. The van der Waals surface area contributed by atoms with E-state index in [9.17, 15) is 4.39 Å². The van der Waals surface area contributed by atoms with Crippen LogP contribution < -0.4 is 10.6 Å². The lowest BCUT2D eigenvalue weighted by atomic mass is 10.1. The van der Waals surface area contributed by atoms with Crippen LogP contribution in [0.4, 0.5) is 15.8 Å². The van der Waals surface area contributed by atoms with Crippen LogP contribution in [0.2, 0.25) is 5.02 Å². The third-order valence-corrected chi connectivity index (χ3v) is 3.30. The molecule has 2 rings (SSSR count). The molecule has 0 amide bonds. The topological polar surface area (TPSA) is 29.3 Å². The fourth-order valence-corrected chi connectivity index (χ4v) is 2.31. The average Bonchev–Trinajstić information content (AvgIpc) is 2.43. The van der Waals surface area contributed by atoms with Gasteiger partial charge < -0.3 is 10.6 Å². The van der Waals surface area contributed by atoms with E-state index in [4.69, 9.17) is 17.3 Å². The molecule has 19 heavy (non-hydrogen) atoms. The van der Waals surface area contributed by atoms with Crippen molar-refractivity contribution in [1.82, 2.24) is 0 Å². The van der Waals surface area contributed by atoms with Gasteiger partial charge in [0.15, 0.2) is 0 Å². The van der Waals surface area contributed by atoms with Crippen LogP contribution in [0.1, 0.15) is 12.5 Å². The highest BCUT2D eigenvalue weighted by Gasteiger charge is 2.11. The number of nitrogens with two attached hydrogens (primary N) is 1. The maximum absolute atomic E-state index is 13.0. The number of rotatable bonds is 4. The number of anilines is 2. The molecular formula is C15H16ClFN2. The molecule has 2 aromatic rings. The molecule has 2 aromatic carbocycles. The molecule has 0 saturated heterocycles. The number of nitrogens with zero attached hydrogens (tertiary/aromatic N) is 1. The second-order valence-corrected chi connectivity index (χ2v) is 4.62. The summed E-state index contributed by atoms with van der Waals surface area (Å²) in [7, 11) is 0. The van der Waals surface area contributed by atoms with Gasteiger partial charge in [-0.25, -0.2) is 4.39 Å². The maximum atomic E-state index is 13.0. The Morgan fingerprint density at radius 2 is 1.84 bits per heavy atom. The third kappa shape index (κ3) is 3.06. The highest BCUT2D eigenvalue weighted by Crippen LogP contribution is 2.32. The Bertz CT molecular complexity index is 555. The minimum absolute atomic E-state index is 0.246. The highest BCUT2D eigenvalue weighted by atomic mass is 35.5. The first kappa shape index (κ1) is 13.8. The molecule has 100 valence electrons. The number of hydrogen-bond acceptors (Lipinski definition) is 2. The van der Waals surface area contributed by atoms with Crippen LogP contribution >= 0.6 is 11.6 Å².